The molecule has 0 saturated heterocycles. The van der Waals surface area contributed by atoms with Crippen LogP contribution in [0.4, 0.5) is 4.39 Å². The molecule has 0 unspecified atom stereocenters. The van der Waals surface area contributed by atoms with Crippen LogP contribution in [-0.4, -0.2) is 13.0 Å². The molecule has 122 valence electrons. The number of benzene rings is 2. The minimum Gasteiger partial charge on any atom is -0.496 e. The van der Waals surface area contributed by atoms with Crippen LogP contribution in [0.2, 0.25) is 0 Å². The molecule has 0 saturated carbocycles. The van der Waals surface area contributed by atoms with E-state index in [0.717, 1.165) is 21.3 Å². The molecular formula is C18H19BrFNO2. The van der Waals surface area contributed by atoms with Gasteiger partial charge in [0.25, 0.3) is 0 Å². The smallest absolute Gasteiger partial charge is 0.220 e. The number of amides is 1. The maximum atomic E-state index is 13.2. The zero-order valence-corrected chi connectivity index (χ0v) is 14.7. The number of carbonyl (C=O) groups excluding carboxylic acids is 1. The van der Waals surface area contributed by atoms with Crippen molar-refractivity contribution in [3.8, 4) is 5.75 Å². The lowest BCUT2D eigenvalue weighted by Crippen LogP contribution is -2.23. The Morgan fingerprint density at radius 3 is 2.61 bits per heavy atom. The first-order valence-corrected chi connectivity index (χ1v) is 8.13. The summed E-state index contributed by atoms with van der Waals surface area (Å²) in [5.41, 5.74) is 2.54. The van der Waals surface area contributed by atoms with E-state index < -0.39 is 0 Å². The zero-order valence-electron chi connectivity index (χ0n) is 13.2. The fraction of sp³-hybridized carbons (Fsp3) is 0.278. The molecule has 3 nitrogen and oxygen atoms in total. The second-order valence-electron chi connectivity index (χ2n) is 5.33. The molecule has 2 aromatic rings. The van der Waals surface area contributed by atoms with Crippen LogP contribution in [0.5, 0.6) is 5.75 Å². The van der Waals surface area contributed by atoms with Gasteiger partial charge in [-0.3, -0.25) is 4.79 Å². The molecule has 0 aliphatic carbocycles. The molecule has 23 heavy (non-hydrogen) atoms. The topological polar surface area (TPSA) is 38.3 Å². The van der Waals surface area contributed by atoms with Gasteiger partial charge in [-0.05, 0) is 64.2 Å². The Morgan fingerprint density at radius 1 is 1.22 bits per heavy atom. The molecule has 0 heterocycles. The van der Waals surface area contributed by atoms with Crippen molar-refractivity contribution < 1.29 is 13.9 Å². The Balaban J connectivity index is 1.83. The van der Waals surface area contributed by atoms with Gasteiger partial charge in [-0.2, -0.15) is 0 Å². The highest BCUT2D eigenvalue weighted by Crippen LogP contribution is 2.25. The van der Waals surface area contributed by atoms with Gasteiger partial charge in [-0.1, -0.05) is 18.2 Å². The van der Waals surface area contributed by atoms with Gasteiger partial charge in [-0.25, -0.2) is 4.39 Å². The van der Waals surface area contributed by atoms with E-state index in [1.165, 1.54) is 6.07 Å². The largest absolute Gasteiger partial charge is 0.496 e. The highest BCUT2D eigenvalue weighted by atomic mass is 79.9. The standard InChI is InChI=1S/C18H19BrFNO2/c1-12-9-14(3-6-16(12)20)11-21-18(22)8-5-13-4-7-17(23-2)15(19)10-13/h3-4,6-7,9-10H,5,8,11H2,1-2H3,(H,21,22). The number of carbonyl (C=O) groups is 1. The molecule has 2 aromatic carbocycles. The lowest BCUT2D eigenvalue weighted by Gasteiger charge is -2.08. The summed E-state index contributed by atoms with van der Waals surface area (Å²) in [5, 5.41) is 2.86. The second-order valence-corrected chi connectivity index (χ2v) is 6.18. The Kier molecular flexibility index (Phi) is 6.16. The molecular weight excluding hydrogens is 361 g/mol. The van der Waals surface area contributed by atoms with Crippen LogP contribution in [0.1, 0.15) is 23.1 Å². The summed E-state index contributed by atoms with van der Waals surface area (Å²) in [6, 6.07) is 10.6. The van der Waals surface area contributed by atoms with Crippen molar-refractivity contribution >= 4 is 21.8 Å². The van der Waals surface area contributed by atoms with E-state index in [2.05, 4.69) is 21.2 Å². The molecule has 5 heteroatoms. The lowest BCUT2D eigenvalue weighted by molar-refractivity contribution is -0.121. The minimum atomic E-state index is -0.231. The predicted octanol–water partition coefficient (Wildman–Crippen LogP) is 4.15. The summed E-state index contributed by atoms with van der Waals surface area (Å²) in [4.78, 5) is 11.9. The third kappa shape index (κ3) is 5.06. The van der Waals surface area contributed by atoms with Gasteiger partial charge in [0.2, 0.25) is 5.91 Å². The first-order chi connectivity index (χ1) is 11.0. The molecule has 0 atom stereocenters. The van der Waals surface area contributed by atoms with Crippen molar-refractivity contribution in [2.45, 2.75) is 26.3 Å². The SMILES string of the molecule is COc1ccc(CCC(=O)NCc2ccc(F)c(C)c2)cc1Br. The minimum absolute atomic E-state index is 0.0288. The molecule has 2 rings (SSSR count). The van der Waals surface area contributed by atoms with Gasteiger partial charge < -0.3 is 10.1 Å². The molecule has 0 aliphatic rings. The van der Waals surface area contributed by atoms with E-state index in [0.29, 0.717) is 24.9 Å². The molecule has 0 spiro atoms. The summed E-state index contributed by atoms with van der Waals surface area (Å²) < 4.78 is 19.2. The second kappa shape index (κ2) is 8.11. The van der Waals surface area contributed by atoms with E-state index in [1.54, 1.807) is 26.2 Å². The first-order valence-electron chi connectivity index (χ1n) is 7.33. The Labute approximate surface area is 144 Å². The lowest BCUT2D eigenvalue weighted by atomic mass is 10.1. The number of rotatable bonds is 6. The number of aryl methyl sites for hydroxylation is 2. The van der Waals surface area contributed by atoms with Crippen LogP contribution in [0.25, 0.3) is 0 Å². The van der Waals surface area contributed by atoms with Gasteiger partial charge in [0.15, 0.2) is 0 Å². The maximum absolute atomic E-state index is 13.2. The Bertz CT molecular complexity index is 703. The molecule has 1 N–H and O–H groups in total. The molecule has 0 fully saturated rings. The van der Waals surface area contributed by atoms with Gasteiger partial charge in [-0.15, -0.1) is 0 Å². The summed E-state index contributed by atoms with van der Waals surface area (Å²) >= 11 is 3.43. The highest BCUT2D eigenvalue weighted by molar-refractivity contribution is 9.10. The average molecular weight is 380 g/mol. The number of hydrogen-bond acceptors (Lipinski definition) is 2. The van der Waals surface area contributed by atoms with Gasteiger partial charge in [0.1, 0.15) is 11.6 Å². The van der Waals surface area contributed by atoms with Crippen LogP contribution in [0, 0.1) is 12.7 Å². The van der Waals surface area contributed by atoms with Crippen molar-refractivity contribution in [3.05, 3.63) is 63.4 Å². The summed E-state index contributed by atoms with van der Waals surface area (Å²) in [6.07, 6.45) is 1.05. The van der Waals surface area contributed by atoms with Crippen molar-refractivity contribution in [1.29, 1.82) is 0 Å². The first kappa shape index (κ1) is 17.5. The Morgan fingerprint density at radius 2 is 1.96 bits per heavy atom. The monoisotopic (exact) mass is 379 g/mol. The molecule has 0 bridgehead atoms. The Hall–Kier alpha value is -1.88. The number of halogens is 2. The normalized spacial score (nSPS) is 10.4. The quantitative estimate of drug-likeness (QED) is 0.818. The van der Waals surface area contributed by atoms with Crippen molar-refractivity contribution in [2.75, 3.05) is 7.11 Å². The third-order valence-electron chi connectivity index (χ3n) is 3.57. The number of hydrogen-bond donors (Lipinski definition) is 1. The van der Waals surface area contributed by atoms with Crippen molar-refractivity contribution in [2.24, 2.45) is 0 Å². The molecule has 1 amide bonds. The van der Waals surface area contributed by atoms with Crippen LogP contribution in [0.15, 0.2) is 40.9 Å². The van der Waals surface area contributed by atoms with Crippen LogP contribution in [0.3, 0.4) is 0 Å². The number of methoxy groups -OCH3 is 1. The van der Waals surface area contributed by atoms with E-state index in [1.807, 2.05) is 18.2 Å². The van der Waals surface area contributed by atoms with E-state index in [9.17, 15) is 9.18 Å². The van der Waals surface area contributed by atoms with E-state index in [4.69, 9.17) is 4.74 Å². The predicted molar refractivity (Wildman–Crippen MR) is 92.0 cm³/mol. The zero-order chi connectivity index (χ0) is 16.8. The van der Waals surface area contributed by atoms with Crippen LogP contribution < -0.4 is 10.1 Å². The summed E-state index contributed by atoms with van der Waals surface area (Å²) in [5.74, 6) is 0.508. The third-order valence-corrected chi connectivity index (χ3v) is 4.19. The maximum Gasteiger partial charge on any atom is 0.220 e. The molecule has 0 aliphatic heterocycles. The fourth-order valence-corrected chi connectivity index (χ4v) is 2.82. The van der Waals surface area contributed by atoms with Crippen molar-refractivity contribution in [1.82, 2.24) is 5.32 Å². The number of nitrogens with one attached hydrogen (secondary N) is 1. The summed E-state index contributed by atoms with van der Waals surface area (Å²) in [7, 11) is 1.62. The van der Waals surface area contributed by atoms with Crippen molar-refractivity contribution in [3.63, 3.8) is 0 Å². The van der Waals surface area contributed by atoms with Crippen LogP contribution >= 0.6 is 15.9 Å². The van der Waals surface area contributed by atoms with Gasteiger partial charge in [0.05, 0.1) is 11.6 Å². The van der Waals surface area contributed by atoms with E-state index in [-0.39, 0.29) is 11.7 Å². The van der Waals surface area contributed by atoms with Crippen LogP contribution in [-0.2, 0) is 17.8 Å². The van der Waals surface area contributed by atoms with Gasteiger partial charge in [0, 0.05) is 13.0 Å². The number of ether oxygens (including phenoxy) is 1. The highest BCUT2D eigenvalue weighted by Gasteiger charge is 2.06. The molecule has 0 radical (unpaired) electrons. The van der Waals surface area contributed by atoms with E-state index >= 15 is 0 Å². The molecule has 0 aromatic heterocycles. The van der Waals surface area contributed by atoms with Gasteiger partial charge >= 0.3 is 0 Å². The fourth-order valence-electron chi connectivity index (χ4n) is 2.23. The summed E-state index contributed by atoms with van der Waals surface area (Å²) in [6.45, 7) is 2.12. The average Bonchev–Trinajstić information content (AvgIpc) is 2.54.